The van der Waals surface area contributed by atoms with Gasteiger partial charge in [-0.15, -0.1) is 0 Å². The lowest BCUT2D eigenvalue weighted by molar-refractivity contribution is 0.0939. The van der Waals surface area contributed by atoms with Crippen molar-refractivity contribution < 1.29 is 4.79 Å². The Hall–Kier alpha value is -2.85. The summed E-state index contributed by atoms with van der Waals surface area (Å²) in [5.74, 6) is -0.109. The van der Waals surface area contributed by atoms with Gasteiger partial charge >= 0.3 is 5.69 Å². The van der Waals surface area contributed by atoms with Crippen molar-refractivity contribution in [2.24, 2.45) is 11.8 Å². The maximum atomic E-state index is 13.1. The molecule has 0 atom stereocenters. The normalized spacial score (nSPS) is 18.4. The Kier molecular flexibility index (Phi) is 7.69. The summed E-state index contributed by atoms with van der Waals surface area (Å²) in [6, 6.07) is 8.77. The fourth-order valence-electron chi connectivity index (χ4n) is 3.92. The molecule has 0 saturated heterocycles. The predicted molar refractivity (Wildman–Crippen MR) is 120 cm³/mol. The summed E-state index contributed by atoms with van der Waals surface area (Å²) in [4.78, 5) is 39.0. The first-order valence-electron chi connectivity index (χ1n) is 10.7. The van der Waals surface area contributed by atoms with Crippen LogP contribution >= 0.6 is 11.6 Å². The van der Waals surface area contributed by atoms with E-state index in [2.05, 4.69) is 11.4 Å². The van der Waals surface area contributed by atoms with E-state index in [1.165, 1.54) is 16.8 Å². The van der Waals surface area contributed by atoms with Gasteiger partial charge in [0, 0.05) is 30.2 Å². The molecule has 1 fully saturated rings. The van der Waals surface area contributed by atoms with Gasteiger partial charge in [0.1, 0.15) is 5.56 Å². The summed E-state index contributed by atoms with van der Waals surface area (Å²) in [7, 11) is 0. The molecule has 0 unspecified atom stereocenters. The lowest BCUT2D eigenvalue weighted by Gasteiger charge is -2.24. The van der Waals surface area contributed by atoms with Crippen LogP contribution in [0.5, 0.6) is 0 Å². The molecule has 1 aliphatic carbocycles. The van der Waals surface area contributed by atoms with Gasteiger partial charge in [-0.05, 0) is 56.2 Å². The second-order valence-corrected chi connectivity index (χ2v) is 8.49. The number of nitrogens with one attached hydrogen (secondary N) is 1. The third-order valence-electron chi connectivity index (χ3n) is 5.80. The highest BCUT2D eigenvalue weighted by Gasteiger charge is 2.23. The molecular weight excluding hydrogens is 416 g/mol. The van der Waals surface area contributed by atoms with Gasteiger partial charge in [-0.2, -0.15) is 5.26 Å². The number of halogens is 1. The minimum atomic E-state index is -0.661. The van der Waals surface area contributed by atoms with E-state index in [4.69, 9.17) is 16.9 Å². The standard InChI is InChI=1S/C23H27ClN4O3/c1-2-3-11-27-15-20(21(29)26-14-17-9-7-16(13-25)8-10-17)22(30)28(23(27)31)19-6-4-5-18(24)12-19/h4-6,12,15-17H,2-3,7-11,14H2,1H3,(H,26,29). The fourth-order valence-corrected chi connectivity index (χ4v) is 4.10. The lowest BCUT2D eigenvalue weighted by atomic mass is 9.83. The molecule has 1 aliphatic rings. The lowest BCUT2D eigenvalue weighted by Crippen LogP contribution is -2.44. The van der Waals surface area contributed by atoms with Gasteiger partial charge < -0.3 is 5.32 Å². The molecule has 1 aromatic heterocycles. The zero-order valence-electron chi connectivity index (χ0n) is 17.6. The van der Waals surface area contributed by atoms with Gasteiger partial charge in [0.2, 0.25) is 0 Å². The third-order valence-corrected chi connectivity index (χ3v) is 6.03. The molecular formula is C23H27ClN4O3. The third kappa shape index (κ3) is 5.45. The number of unbranched alkanes of at least 4 members (excludes halogenated alkanes) is 1. The van der Waals surface area contributed by atoms with Crippen molar-refractivity contribution in [1.29, 1.82) is 5.26 Å². The first-order chi connectivity index (χ1) is 14.9. The number of hydrogen-bond acceptors (Lipinski definition) is 4. The highest BCUT2D eigenvalue weighted by molar-refractivity contribution is 6.30. The Morgan fingerprint density at radius 2 is 2.00 bits per heavy atom. The number of hydrogen-bond donors (Lipinski definition) is 1. The van der Waals surface area contributed by atoms with Gasteiger partial charge in [-0.3, -0.25) is 14.2 Å². The van der Waals surface area contributed by atoms with E-state index in [-0.39, 0.29) is 17.4 Å². The van der Waals surface area contributed by atoms with Crippen molar-refractivity contribution in [2.75, 3.05) is 6.54 Å². The van der Waals surface area contributed by atoms with Gasteiger partial charge in [0.25, 0.3) is 11.5 Å². The zero-order valence-corrected chi connectivity index (χ0v) is 18.4. The van der Waals surface area contributed by atoms with Crippen LogP contribution in [0.2, 0.25) is 5.02 Å². The maximum Gasteiger partial charge on any atom is 0.335 e. The monoisotopic (exact) mass is 442 g/mol. The molecule has 8 heteroatoms. The van der Waals surface area contributed by atoms with Gasteiger partial charge in [-0.1, -0.05) is 31.0 Å². The van der Waals surface area contributed by atoms with Gasteiger partial charge in [-0.25, -0.2) is 9.36 Å². The molecule has 1 N–H and O–H groups in total. The summed E-state index contributed by atoms with van der Waals surface area (Å²) in [6.45, 7) is 2.86. The molecule has 31 heavy (non-hydrogen) atoms. The van der Waals surface area contributed by atoms with Gasteiger partial charge in [0.15, 0.2) is 0 Å². The van der Waals surface area contributed by atoms with Crippen LogP contribution in [0.1, 0.15) is 55.8 Å². The quantitative estimate of drug-likeness (QED) is 0.709. The predicted octanol–water partition coefficient (Wildman–Crippen LogP) is 3.51. The van der Waals surface area contributed by atoms with Crippen LogP contribution in [0.15, 0.2) is 40.1 Å². The zero-order chi connectivity index (χ0) is 22.4. The topological polar surface area (TPSA) is 96.9 Å². The number of nitriles is 1. The van der Waals surface area contributed by atoms with Crippen LogP contribution in [0.4, 0.5) is 0 Å². The average Bonchev–Trinajstić information content (AvgIpc) is 2.77. The first-order valence-corrected chi connectivity index (χ1v) is 11.1. The molecule has 2 aromatic rings. The number of aromatic nitrogens is 2. The number of amides is 1. The molecule has 3 rings (SSSR count). The highest BCUT2D eigenvalue weighted by Crippen LogP contribution is 2.27. The second-order valence-electron chi connectivity index (χ2n) is 8.05. The number of benzene rings is 1. The number of aryl methyl sites for hydroxylation is 1. The van der Waals surface area contributed by atoms with E-state index in [0.29, 0.717) is 23.8 Å². The van der Waals surface area contributed by atoms with Crippen LogP contribution in [0.25, 0.3) is 5.69 Å². The molecule has 0 radical (unpaired) electrons. The molecule has 1 amide bonds. The van der Waals surface area contributed by atoms with E-state index >= 15 is 0 Å². The molecule has 7 nitrogen and oxygen atoms in total. The van der Waals surface area contributed by atoms with Crippen LogP contribution in [0.3, 0.4) is 0 Å². The molecule has 1 aromatic carbocycles. The van der Waals surface area contributed by atoms with E-state index in [1.54, 1.807) is 18.2 Å². The largest absolute Gasteiger partial charge is 0.352 e. The van der Waals surface area contributed by atoms with Crippen LogP contribution in [-0.2, 0) is 6.54 Å². The average molecular weight is 443 g/mol. The number of nitrogens with zero attached hydrogens (tertiary/aromatic N) is 3. The van der Waals surface area contributed by atoms with E-state index in [0.717, 1.165) is 43.1 Å². The summed E-state index contributed by atoms with van der Waals surface area (Å²) in [5, 5.41) is 12.3. The van der Waals surface area contributed by atoms with Crippen LogP contribution in [0, 0.1) is 23.2 Å². The van der Waals surface area contributed by atoms with Crippen molar-refractivity contribution in [3.05, 3.63) is 61.9 Å². The Bertz CT molecular complexity index is 1090. The second kappa shape index (κ2) is 10.5. The first kappa shape index (κ1) is 22.8. The smallest absolute Gasteiger partial charge is 0.335 e. The van der Waals surface area contributed by atoms with Crippen LogP contribution < -0.4 is 16.6 Å². The molecule has 1 saturated carbocycles. The van der Waals surface area contributed by atoms with E-state index < -0.39 is 17.2 Å². The molecule has 0 bridgehead atoms. The van der Waals surface area contributed by atoms with E-state index in [1.807, 2.05) is 6.92 Å². The van der Waals surface area contributed by atoms with E-state index in [9.17, 15) is 14.4 Å². The Labute approximate surface area is 186 Å². The fraction of sp³-hybridized carbons (Fsp3) is 0.478. The molecule has 0 spiro atoms. The summed E-state index contributed by atoms with van der Waals surface area (Å²) in [5.41, 5.74) is -0.892. The SMILES string of the molecule is CCCCn1cc(C(=O)NCC2CCC(C#N)CC2)c(=O)n(-c2cccc(Cl)c2)c1=O. The van der Waals surface area contributed by atoms with Crippen molar-refractivity contribution in [2.45, 2.75) is 52.0 Å². The molecule has 0 aliphatic heterocycles. The number of carbonyl (C=O) groups excluding carboxylic acids is 1. The van der Waals surface area contributed by atoms with Crippen molar-refractivity contribution >= 4 is 17.5 Å². The summed E-state index contributed by atoms with van der Waals surface area (Å²) < 4.78 is 2.42. The minimum absolute atomic E-state index is 0.0682. The van der Waals surface area contributed by atoms with Gasteiger partial charge in [0.05, 0.1) is 11.8 Å². The minimum Gasteiger partial charge on any atom is -0.352 e. The van der Waals surface area contributed by atoms with Crippen molar-refractivity contribution in [3.63, 3.8) is 0 Å². The Balaban J connectivity index is 1.89. The molecule has 164 valence electrons. The van der Waals surface area contributed by atoms with Crippen molar-refractivity contribution in [1.82, 2.24) is 14.5 Å². The number of rotatable bonds is 7. The van der Waals surface area contributed by atoms with Crippen LogP contribution in [-0.4, -0.2) is 21.6 Å². The summed E-state index contributed by atoms with van der Waals surface area (Å²) >= 11 is 6.06. The molecule has 1 heterocycles. The maximum absolute atomic E-state index is 13.1. The van der Waals surface area contributed by atoms with Crippen molar-refractivity contribution in [3.8, 4) is 11.8 Å². The Morgan fingerprint density at radius 3 is 2.65 bits per heavy atom. The highest BCUT2D eigenvalue weighted by atomic mass is 35.5. The number of carbonyl (C=O) groups is 1. The Morgan fingerprint density at radius 1 is 1.26 bits per heavy atom. The summed E-state index contributed by atoms with van der Waals surface area (Å²) in [6.07, 6.45) is 6.40.